The highest BCUT2D eigenvalue weighted by atomic mass is 28.3. The molecule has 0 heterocycles. The first-order valence-corrected chi connectivity index (χ1v) is 9.71. The van der Waals surface area contributed by atoms with E-state index in [1.807, 2.05) is 6.92 Å². The van der Waals surface area contributed by atoms with Crippen LogP contribution in [0.3, 0.4) is 0 Å². The van der Waals surface area contributed by atoms with Gasteiger partial charge in [0.25, 0.3) is 0 Å². The van der Waals surface area contributed by atoms with Gasteiger partial charge in [0.15, 0.2) is 0 Å². The molecule has 0 radical (unpaired) electrons. The molecular weight excluding hydrogens is 214 g/mol. The number of nitrogens with one attached hydrogen (secondary N) is 1. The Kier molecular flexibility index (Phi) is 7.16. The summed E-state index contributed by atoms with van der Waals surface area (Å²) in [4.78, 5) is 11.5. The number of hydrogen-bond donors (Lipinski definition) is 1. The third kappa shape index (κ3) is 8.55. The van der Waals surface area contributed by atoms with Crippen molar-refractivity contribution in [2.45, 2.75) is 65.2 Å². The van der Waals surface area contributed by atoms with E-state index in [0.29, 0.717) is 6.42 Å². The van der Waals surface area contributed by atoms with Crippen LogP contribution in [0.4, 0.5) is 0 Å². The summed E-state index contributed by atoms with van der Waals surface area (Å²) in [7, 11) is -1.33. The zero-order valence-electron chi connectivity index (χ0n) is 11.3. The van der Waals surface area contributed by atoms with E-state index in [-0.39, 0.29) is 11.9 Å². The summed E-state index contributed by atoms with van der Waals surface area (Å²) in [5.74, 6) is 3.36. The Balaban J connectivity index is 4.36. The maximum atomic E-state index is 11.5. The zero-order chi connectivity index (χ0) is 12.6. The predicted octanol–water partition coefficient (Wildman–Crippen LogP) is 2.95. The molecule has 0 aromatic heterocycles. The average Bonchev–Trinajstić information content (AvgIpc) is 2.14. The van der Waals surface area contributed by atoms with E-state index in [9.17, 15) is 4.79 Å². The first-order valence-electron chi connectivity index (χ1n) is 6.21. The van der Waals surface area contributed by atoms with Crippen LogP contribution in [-0.4, -0.2) is 20.0 Å². The second-order valence-corrected chi connectivity index (χ2v) is 9.93. The van der Waals surface area contributed by atoms with Crippen LogP contribution in [0.5, 0.6) is 0 Å². The highest BCUT2D eigenvalue weighted by Crippen LogP contribution is 2.00. The monoisotopic (exact) mass is 239 g/mol. The van der Waals surface area contributed by atoms with Crippen LogP contribution >= 0.6 is 0 Å². The summed E-state index contributed by atoms with van der Waals surface area (Å²) < 4.78 is 0. The SMILES string of the molecule is CCCC(=O)NC(C#C[Si](C)(C)C)CCC. The molecule has 1 N–H and O–H groups in total. The minimum atomic E-state index is -1.33. The van der Waals surface area contributed by atoms with Crippen LogP contribution < -0.4 is 5.32 Å². The second-order valence-electron chi connectivity index (χ2n) is 5.18. The third-order valence-electron chi connectivity index (χ3n) is 2.01. The number of rotatable bonds is 5. The standard InChI is InChI=1S/C13H25NOSi/c1-6-8-12(10-11-16(3,4)5)14-13(15)9-7-2/h12H,6-9H2,1-5H3,(H,14,15). The van der Waals surface area contributed by atoms with Crippen LogP contribution in [0.2, 0.25) is 19.6 Å². The maximum Gasteiger partial charge on any atom is 0.220 e. The number of amides is 1. The molecule has 0 bridgehead atoms. The van der Waals surface area contributed by atoms with Crippen LogP contribution in [0.1, 0.15) is 39.5 Å². The molecule has 0 saturated carbocycles. The molecule has 0 fully saturated rings. The van der Waals surface area contributed by atoms with Gasteiger partial charge in [0.2, 0.25) is 5.91 Å². The third-order valence-corrected chi connectivity index (χ3v) is 2.91. The molecule has 1 atom stereocenters. The lowest BCUT2D eigenvalue weighted by Crippen LogP contribution is -2.34. The van der Waals surface area contributed by atoms with Gasteiger partial charge in [-0.2, -0.15) is 0 Å². The van der Waals surface area contributed by atoms with Gasteiger partial charge < -0.3 is 5.32 Å². The molecule has 0 rings (SSSR count). The van der Waals surface area contributed by atoms with Crippen molar-refractivity contribution in [3.63, 3.8) is 0 Å². The second kappa shape index (κ2) is 7.51. The first-order chi connectivity index (χ1) is 7.39. The molecule has 3 heteroatoms. The highest BCUT2D eigenvalue weighted by molar-refractivity contribution is 6.83. The summed E-state index contributed by atoms with van der Waals surface area (Å²) in [5.41, 5.74) is 3.33. The molecule has 1 amide bonds. The van der Waals surface area contributed by atoms with Crippen LogP contribution in [0, 0.1) is 11.5 Å². The topological polar surface area (TPSA) is 29.1 Å². The van der Waals surface area contributed by atoms with E-state index in [2.05, 4.69) is 43.3 Å². The van der Waals surface area contributed by atoms with Gasteiger partial charge in [-0.3, -0.25) is 4.79 Å². The minimum absolute atomic E-state index is 0.0516. The van der Waals surface area contributed by atoms with Gasteiger partial charge in [0, 0.05) is 6.42 Å². The van der Waals surface area contributed by atoms with Gasteiger partial charge in [-0.25, -0.2) is 0 Å². The molecule has 0 aliphatic heterocycles. The van der Waals surface area contributed by atoms with Gasteiger partial charge in [-0.15, -0.1) is 5.54 Å². The lowest BCUT2D eigenvalue weighted by atomic mass is 10.1. The van der Waals surface area contributed by atoms with Crippen molar-refractivity contribution in [2.24, 2.45) is 0 Å². The van der Waals surface area contributed by atoms with Crippen molar-refractivity contribution in [3.05, 3.63) is 0 Å². The van der Waals surface area contributed by atoms with E-state index in [0.717, 1.165) is 19.3 Å². The smallest absolute Gasteiger partial charge is 0.220 e. The van der Waals surface area contributed by atoms with Gasteiger partial charge in [0.05, 0.1) is 6.04 Å². The largest absolute Gasteiger partial charge is 0.342 e. The van der Waals surface area contributed by atoms with Crippen LogP contribution in [0.25, 0.3) is 0 Å². The number of carbonyl (C=O) groups excluding carboxylic acids is 1. The van der Waals surface area contributed by atoms with Crippen molar-refractivity contribution >= 4 is 14.0 Å². The Bertz CT molecular complexity index is 270. The van der Waals surface area contributed by atoms with Crippen molar-refractivity contribution in [3.8, 4) is 11.5 Å². The van der Waals surface area contributed by atoms with E-state index in [1.165, 1.54) is 0 Å². The van der Waals surface area contributed by atoms with Crippen LogP contribution in [-0.2, 0) is 4.79 Å². The molecule has 0 spiro atoms. The van der Waals surface area contributed by atoms with E-state index in [1.54, 1.807) is 0 Å². The van der Waals surface area contributed by atoms with Gasteiger partial charge >= 0.3 is 0 Å². The summed E-state index contributed by atoms with van der Waals surface area (Å²) in [6, 6.07) is 0.0516. The summed E-state index contributed by atoms with van der Waals surface area (Å²) in [5, 5.41) is 3.00. The molecule has 16 heavy (non-hydrogen) atoms. The summed E-state index contributed by atoms with van der Waals surface area (Å²) in [6.07, 6.45) is 3.51. The van der Waals surface area contributed by atoms with Crippen molar-refractivity contribution in [1.29, 1.82) is 0 Å². The zero-order valence-corrected chi connectivity index (χ0v) is 12.3. The molecule has 0 aromatic rings. The fraction of sp³-hybridized carbons (Fsp3) is 0.769. The molecule has 0 aliphatic carbocycles. The quantitative estimate of drug-likeness (QED) is 0.580. The van der Waals surface area contributed by atoms with E-state index >= 15 is 0 Å². The fourth-order valence-electron chi connectivity index (χ4n) is 1.27. The Morgan fingerprint density at radius 3 is 2.31 bits per heavy atom. The lowest BCUT2D eigenvalue weighted by Gasteiger charge is -2.13. The lowest BCUT2D eigenvalue weighted by molar-refractivity contribution is -0.121. The fourth-order valence-corrected chi connectivity index (χ4v) is 1.87. The molecule has 0 aliphatic rings. The Morgan fingerprint density at radius 2 is 1.88 bits per heavy atom. The van der Waals surface area contributed by atoms with Gasteiger partial charge in [0.1, 0.15) is 8.07 Å². The highest BCUT2D eigenvalue weighted by Gasteiger charge is 2.11. The minimum Gasteiger partial charge on any atom is -0.342 e. The predicted molar refractivity (Wildman–Crippen MR) is 72.9 cm³/mol. The molecule has 0 saturated heterocycles. The molecule has 1 unspecified atom stereocenters. The van der Waals surface area contributed by atoms with Crippen molar-refractivity contribution in [2.75, 3.05) is 0 Å². The van der Waals surface area contributed by atoms with Gasteiger partial charge in [-0.1, -0.05) is 45.8 Å². The van der Waals surface area contributed by atoms with E-state index < -0.39 is 8.07 Å². The Labute approximate surface area is 101 Å². The number of hydrogen-bond acceptors (Lipinski definition) is 1. The average molecular weight is 239 g/mol. The molecular formula is C13H25NOSi. The summed E-state index contributed by atoms with van der Waals surface area (Å²) in [6.45, 7) is 10.8. The maximum absolute atomic E-state index is 11.5. The molecule has 2 nitrogen and oxygen atoms in total. The Hall–Kier alpha value is -0.753. The normalized spacial score (nSPS) is 12.6. The number of carbonyl (C=O) groups is 1. The Morgan fingerprint density at radius 1 is 1.25 bits per heavy atom. The molecule has 0 aromatic carbocycles. The summed E-state index contributed by atoms with van der Waals surface area (Å²) >= 11 is 0. The van der Waals surface area contributed by atoms with Crippen molar-refractivity contribution < 1.29 is 4.79 Å². The van der Waals surface area contributed by atoms with Crippen LogP contribution in [0.15, 0.2) is 0 Å². The van der Waals surface area contributed by atoms with Crippen molar-refractivity contribution in [1.82, 2.24) is 5.32 Å². The van der Waals surface area contributed by atoms with Gasteiger partial charge in [-0.05, 0) is 12.8 Å². The molecule has 92 valence electrons. The van der Waals surface area contributed by atoms with E-state index in [4.69, 9.17) is 0 Å². The first kappa shape index (κ1) is 15.2.